The van der Waals surface area contributed by atoms with Crippen LogP contribution in [-0.4, -0.2) is 29.4 Å². The van der Waals surface area contributed by atoms with Crippen molar-refractivity contribution in [1.29, 1.82) is 0 Å². The van der Waals surface area contributed by atoms with Gasteiger partial charge in [0, 0.05) is 15.6 Å². The molecule has 0 unspecified atom stereocenters. The average Bonchev–Trinajstić information content (AvgIpc) is 2.86. The fourth-order valence-corrected chi connectivity index (χ4v) is 3.24. The van der Waals surface area contributed by atoms with Gasteiger partial charge in [-0.15, -0.1) is 0 Å². The molecule has 0 saturated carbocycles. The Morgan fingerprint density at radius 3 is 2.52 bits per heavy atom. The molecule has 1 fully saturated rings. The van der Waals surface area contributed by atoms with Crippen molar-refractivity contribution < 1.29 is 19.1 Å². The number of nitrogens with one attached hydrogen (secondary N) is 1. The predicted octanol–water partition coefficient (Wildman–Crippen LogP) is 3.50. The molecule has 2 aromatic carbocycles. The first-order chi connectivity index (χ1) is 12.8. The van der Waals surface area contributed by atoms with Crippen molar-refractivity contribution in [1.82, 2.24) is 10.2 Å². The second-order valence-electron chi connectivity index (χ2n) is 6.21. The largest absolute Gasteiger partial charge is 0.459 e. The molecule has 27 heavy (non-hydrogen) atoms. The number of imide groups is 1. The first-order valence-electron chi connectivity index (χ1n) is 8.10. The van der Waals surface area contributed by atoms with Crippen LogP contribution in [0, 0.1) is 0 Å². The van der Waals surface area contributed by atoms with Gasteiger partial charge in [0.1, 0.15) is 18.7 Å². The minimum absolute atomic E-state index is 0.0889. The number of rotatable bonds is 5. The number of amides is 3. The van der Waals surface area contributed by atoms with E-state index in [1.807, 2.05) is 6.07 Å². The van der Waals surface area contributed by atoms with E-state index < -0.39 is 30.0 Å². The van der Waals surface area contributed by atoms with Crippen LogP contribution in [0.2, 0.25) is 10.0 Å². The highest BCUT2D eigenvalue weighted by Crippen LogP contribution is 2.28. The molecule has 3 amide bonds. The number of nitrogens with zero attached hydrogens (tertiary/aromatic N) is 1. The summed E-state index contributed by atoms with van der Waals surface area (Å²) in [4.78, 5) is 37.9. The van der Waals surface area contributed by atoms with Crippen molar-refractivity contribution in [3.05, 3.63) is 69.7 Å². The lowest BCUT2D eigenvalue weighted by Gasteiger charge is -2.21. The van der Waals surface area contributed by atoms with E-state index in [0.717, 1.165) is 4.90 Å². The van der Waals surface area contributed by atoms with E-state index in [4.69, 9.17) is 27.9 Å². The quantitative estimate of drug-likeness (QED) is 0.608. The normalized spacial score (nSPS) is 19.1. The first-order valence-corrected chi connectivity index (χ1v) is 8.86. The molecular formula is C19H16Cl2N2O4. The van der Waals surface area contributed by atoms with E-state index in [0.29, 0.717) is 21.2 Å². The minimum atomic E-state index is -1.22. The summed E-state index contributed by atoms with van der Waals surface area (Å²) in [5, 5.41) is 3.46. The predicted molar refractivity (Wildman–Crippen MR) is 100 cm³/mol. The first kappa shape index (κ1) is 19.2. The third-order valence-electron chi connectivity index (χ3n) is 4.32. The molecule has 1 aliphatic heterocycles. The molecule has 6 nitrogen and oxygen atoms in total. The summed E-state index contributed by atoms with van der Waals surface area (Å²) in [5.41, 5.74) is -0.0223. The Hall–Kier alpha value is -2.57. The van der Waals surface area contributed by atoms with E-state index in [1.54, 1.807) is 43.3 Å². The van der Waals surface area contributed by atoms with Gasteiger partial charge in [-0.1, -0.05) is 59.6 Å². The average molecular weight is 407 g/mol. The van der Waals surface area contributed by atoms with Crippen molar-refractivity contribution in [3.8, 4) is 0 Å². The van der Waals surface area contributed by atoms with Gasteiger partial charge in [-0.25, -0.2) is 4.79 Å². The fourth-order valence-electron chi connectivity index (χ4n) is 2.78. The number of halogens is 2. The van der Waals surface area contributed by atoms with Crippen LogP contribution < -0.4 is 5.32 Å². The molecule has 0 aliphatic carbocycles. The summed E-state index contributed by atoms with van der Waals surface area (Å²) >= 11 is 11.9. The van der Waals surface area contributed by atoms with Crippen LogP contribution in [-0.2, 0) is 26.5 Å². The zero-order valence-corrected chi connectivity index (χ0v) is 15.9. The molecule has 0 radical (unpaired) electrons. The van der Waals surface area contributed by atoms with Crippen molar-refractivity contribution in [3.63, 3.8) is 0 Å². The summed E-state index contributed by atoms with van der Waals surface area (Å²) in [6.45, 7) is 1.02. The second kappa shape index (κ2) is 7.58. The van der Waals surface area contributed by atoms with Crippen LogP contribution in [0.4, 0.5) is 4.79 Å². The number of carbonyl (C=O) groups excluding carboxylic acids is 3. The lowest BCUT2D eigenvalue weighted by atomic mass is 9.92. The molecule has 1 N–H and O–H groups in total. The van der Waals surface area contributed by atoms with E-state index in [2.05, 4.69) is 5.32 Å². The maximum atomic E-state index is 12.7. The second-order valence-corrected chi connectivity index (χ2v) is 7.05. The number of benzene rings is 2. The molecule has 1 saturated heterocycles. The number of esters is 1. The Bertz CT molecular complexity index is 904. The van der Waals surface area contributed by atoms with Crippen molar-refractivity contribution in [2.24, 2.45) is 0 Å². The zero-order chi connectivity index (χ0) is 19.6. The van der Waals surface area contributed by atoms with Gasteiger partial charge >= 0.3 is 12.0 Å². The summed E-state index contributed by atoms with van der Waals surface area (Å²) in [6.07, 6.45) is 0. The molecule has 140 valence electrons. The Morgan fingerprint density at radius 2 is 1.85 bits per heavy atom. The number of hydrogen-bond donors (Lipinski definition) is 1. The van der Waals surface area contributed by atoms with Gasteiger partial charge in [0.25, 0.3) is 5.91 Å². The van der Waals surface area contributed by atoms with Crippen LogP contribution in [0.25, 0.3) is 0 Å². The van der Waals surface area contributed by atoms with Crippen molar-refractivity contribution in [2.75, 3.05) is 6.54 Å². The Balaban J connectivity index is 1.66. The molecule has 0 bridgehead atoms. The fraction of sp³-hybridized carbons (Fsp3) is 0.211. The number of hydrogen-bond acceptors (Lipinski definition) is 4. The third kappa shape index (κ3) is 3.91. The molecule has 0 spiro atoms. The van der Waals surface area contributed by atoms with E-state index in [9.17, 15) is 14.4 Å². The van der Waals surface area contributed by atoms with E-state index >= 15 is 0 Å². The summed E-state index contributed by atoms with van der Waals surface area (Å²) in [7, 11) is 0. The van der Waals surface area contributed by atoms with Crippen LogP contribution in [0.5, 0.6) is 0 Å². The van der Waals surface area contributed by atoms with Gasteiger partial charge in [-0.2, -0.15) is 0 Å². The molecule has 1 heterocycles. The molecule has 8 heteroatoms. The van der Waals surface area contributed by atoms with Crippen LogP contribution in [0.3, 0.4) is 0 Å². The minimum Gasteiger partial charge on any atom is -0.459 e. The molecule has 2 aromatic rings. The lowest BCUT2D eigenvalue weighted by Crippen LogP contribution is -2.41. The lowest BCUT2D eigenvalue weighted by molar-refractivity contribution is -0.148. The highest BCUT2D eigenvalue weighted by atomic mass is 35.5. The summed E-state index contributed by atoms with van der Waals surface area (Å²) < 4.78 is 5.14. The SMILES string of the molecule is C[C@@]1(c2ccccc2)NC(=O)N(CC(=O)OCc2ccc(Cl)cc2Cl)C1=O. The van der Waals surface area contributed by atoms with Gasteiger partial charge in [0.15, 0.2) is 0 Å². The number of carbonyl (C=O) groups is 3. The van der Waals surface area contributed by atoms with Gasteiger partial charge in [0.05, 0.1) is 0 Å². The van der Waals surface area contributed by atoms with Crippen molar-refractivity contribution >= 4 is 41.1 Å². The number of ether oxygens (including phenoxy) is 1. The van der Waals surface area contributed by atoms with Crippen LogP contribution >= 0.6 is 23.2 Å². The Labute approximate surface area is 166 Å². The van der Waals surface area contributed by atoms with Crippen molar-refractivity contribution in [2.45, 2.75) is 19.1 Å². The number of urea groups is 1. The smallest absolute Gasteiger partial charge is 0.326 e. The highest BCUT2D eigenvalue weighted by molar-refractivity contribution is 6.35. The summed E-state index contributed by atoms with van der Waals surface area (Å²) in [6, 6.07) is 13.0. The zero-order valence-electron chi connectivity index (χ0n) is 14.4. The molecule has 1 atom stereocenters. The monoisotopic (exact) mass is 406 g/mol. The van der Waals surface area contributed by atoms with E-state index in [1.165, 1.54) is 6.07 Å². The van der Waals surface area contributed by atoms with Crippen LogP contribution in [0.1, 0.15) is 18.1 Å². The molecular weight excluding hydrogens is 391 g/mol. The molecule has 1 aliphatic rings. The van der Waals surface area contributed by atoms with E-state index in [-0.39, 0.29) is 6.61 Å². The standard InChI is InChI=1S/C19H16Cl2N2O4/c1-19(13-5-3-2-4-6-13)17(25)23(18(26)22-19)10-16(24)27-11-12-7-8-14(20)9-15(12)21/h2-9H,10-11H2,1H3,(H,22,26)/t19-/m0/s1. The maximum Gasteiger partial charge on any atom is 0.326 e. The van der Waals surface area contributed by atoms with Gasteiger partial charge in [-0.05, 0) is 24.6 Å². The molecule has 3 rings (SSSR count). The Morgan fingerprint density at radius 1 is 1.15 bits per heavy atom. The Kier molecular flexibility index (Phi) is 5.39. The van der Waals surface area contributed by atoms with Gasteiger partial charge in [0.2, 0.25) is 0 Å². The van der Waals surface area contributed by atoms with Crippen LogP contribution in [0.15, 0.2) is 48.5 Å². The third-order valence-corrected chi connectivity index (χ3v) is 4.90. The van der Waals surface area contributed by atoms with Gasteiger partial charge in [-0.3, -0.25) is 14.5 Å². The topological polar surface area (TPSA) is 75.7 Å². The maximum absolute atomic E-state index is 12.7. The molecule has 0 aromatic heterocycles. The summed E-state index contributed by atoms with van der Waals surface area (Å²) in [5.74, 6) is -1.23. The van der Waals surface area contributed by atoms with Gasteiger partial charge < -0.3 is 10.1 Å². The highest BCUT2D eigenvalue weighted by Gasteiger charge is 2.49.